The molecule has 1 nitrogen and oxygen atoms in total. The maximum absolute atomic E-state index is 9.87. The maximum atomic E-state index is 9.87. The SMILES string of the molecule is N#CC(c1ccccc1)C(Cc1ccccc1)c1ccc(Cl)cc1. The monoisotopic (exact) mass is 331 g/mol. The molecule has 3 aromatic rings. The zero-order valence-electron chi connectivity index (χ0n) is 13.3. The van der Waals surface area contributed by atoms with E-state index in [1.165, 1.54) is 5.56 Å². The number of benzene rings is 3. The third-order valence-electron chi connectivity index (χ3n) is 4.30. The van der Waals surface area contributed by atoms with Gasteiger partial charge in [0.1, 0.15) is 0 Å². The molecule has 0 radical (unpaired) electrons. The first-order valence-corrected chi connectivity index (χ1v) is 8.39. The van der Waals surface area contributed by atoms with Gasteiger partial charge in [-0.3, -0.25) is 0 Å². The Morgan fingerprint density at radius 3 is 1.92 bits per heavy atom. The van der Waals surface area contributed by atoms with Gasteiger partial charge in [-0.25, -0.2) is 0 Å². The molecule has 0 saturated heterocycles. The summed E-state index contributed by atoms with van der Waals surface area (Å²) in [5.74, 6) is -0.121. The summed E-state index contributed by atoms with van der Waals surface area (Å²) in [5, 5.41) is 10.6. The number of nitriles is 1. The van der Waals surface area contributed by atoms with Gasteiger partial charge in [-0.1, -0.05) is 84.4 Å². The van der Waals surface area contributed by atoms with Crippen LogP contribution in [0.15, 0.2) is 84.9 Å². The van der Waals surface area contributed by atoms with E-state index in [1.807, 2.05) is 72.8 Å². The van der Waals surface area contributed by atoms with Gasteiger partial charge in [0, 0.05) is 10.9 Å². The van der Waals surface area contributed by atoms with Crippen LogP contribution in [0.3, 0.4) is 0 Å². The van der Waals surface area contributed by atoms with Crippen LogP contribution in [0.2, 0.25) is 5.02 Å². The van der Waals surface area contributed by atoms with Crippen LogP contribution in [0.25, 0.3) is 0 Å². The van der Waals surface area contributed by atoms with Crippen LogP contribution < -0.4 is 0 Å². The quantitative estimate of drug-likeness (QED) is 0.564. The molecular weight excluding hydrogens is 314 g/mol. The summed E-state index contributed by atoms with van der Waals surface area (Å²) in [6, 6.07) is 30.7. The molecule has 24 heavy (non-hydrogen) atoms. The summed E-state index contributed by atoms with van der Waals surface area (Å²) < 4.78 is 0. The minimum absolute atomic E-state index is 0.0806. The number of hydrogen-bond acceptors (Lipinski definition) is 1. The molecule has 0 aliphatic heterocycles. The van der Waals surface area contributed by atoms with Crippen LogP contribution in [0.5, 0.6) is 0 Å². The van der Waals surface area contributed by atoms with Gasteiger partial charge in [0.2, 0.25) is 0 Å². The van der Waals surface area contributed by atoms with Crippen molar-refractivity contribution in [3.63, 3.8) is 0 Å². The number of rotatable bonds is 5. The Morgan fingerprint density at radius 2 is 1.33 bits per heavy atom. The fourth-order valence-corrected chi connectivity index (χ4v) is 3.19. The van der Waals surface area contributed by atoms with Crippen molar-refractivity contribution in [2.75, 3.05) is 0 Å². The highest BCUT2D eigenvalue weighted by Gasteiger charge is 2.25. The van der Waals surface area contributed by atoms with E-state index >= 15 is 0 Å². The highest BCUT2D eigenvalue weighted by atomic mass is 35.5. The lowest BCUT2D eigenvalue weighted by atomic mass is 9.79. The molecule has 3 rings (SSSR count). The zero-order chi connectivity index (χ0) is 16.8. The van der Waals surface area contributed by atoms with E-state index in [9.17, 15) is 5.26 Å². The Balaban J connectivity index is 2.00. The second-order valence-corrected chi connectivity index (χ2v) is 6.30. The maximum Gasteiger partial charge on any atom is 0.0784 e. The summed E-state index contributed by atoms with van der Waals surface area (Å²) in [4.78, 5) is 0. The Bertz CT molecular complexity index is 804. The largest absolute Gasteiger partial charge is 0.198 e. The highest BCUT2D eigenvalue weighted by molar-refractivity contribution is 6.30. The molecule has 3 aromatic carbocycles. The average Bonchev–Trinajstić information content (AvgIpc) is 2.64. The fourth-order valence-electron chi connectivity index (χ4n) is 3.06. The minimum atomic E-state index is -0.201. The first-order valence-electron chi connectivity index (χ1n) is 8.02. The third-order valence-corrected chi connectivity index (χ3v) is 4.55. The summed E-state index contributed by atoms with van der Waals surface area (Å²) in [6.07, 6.45) is 0.815. The lowest BCUT2D eigenvalue weighted by Gasteiger charge is -2.23. The number of hydrogen-bond donors (Lipinski definition) is 0. The third kappa shape index (κ3) is 3.85. The van der Waals surface area contributed by atoms with Crippen LogP contribution in [0.1, 0.15) is 28.5 Å². The van der Waals surface area contributed by atoms with Crippen LogP contribution in [-0.4, -0.2) is 0 Å². The van der Waals surface area contributed by atoms with Gasteiger partial charge in [-0.15, -0.1) is 0 Å². The molecular formula is C22H18ClN. The van der Waals surface area contributed by atoms with E-state index in [0.717, 1.165) is 17.5 Å². The fraction of sp³-hybridized carbons (Fsp3) is 0.136. The van der Waals surface area contributed by atoms with Crippen molar-refractivity contribution in [1.82, 2.24) is 0 Å². The van der Waals surface area contributed by atoms with Gasteiger partial charge in [-0.05, 0) is 35.2 Å². The second kappa shape index (κ2) is 7.81. The normalized spacial score (nSPS) is 13.0. The number of nitrogens with zero attached hydrogens (tertiary/aromatic N) is 1. The van der Waals surface area contributed by atoms with E-state index in [-0.39, 0.29) is 11.8 Å². The average molecular weight is 332 g/mol. The van der Waals surface area contributed by atoms with E-state index < -0.39 is 0 Å². The standard InChI is InChI=1S/C22H18ClN/c23-20-13-11-19(12-14-20)21(15-17-7-3-1-4-8-17)22(16-24)18-9-5-2-6-10-18/h1-14,21-22H,15H2. The van der Waals surface area contributed by atoms with Crippen LogP contribution in [-0.2, 0) is 6.42 Å². The van der Waals surface area contributed by atoms with E-state index in [4.69, 9.17) is 11.6 Å². The Labute approximate surface area is 148 Å². The summed E-state index contributed by atoms with van der Waals surface area (Å²) in [7, 11) is 0. The Kier molecular flexibility index (Phi) is 5.31. The molecule has 0 heterocycles. The zero-order valence-corrected chi connectivity index (χ0v) is 14.0. The predicted molar refractivity (Wildman–Crippen MR) is 99.1 cm³/mol. The van der Waals surface area contributed by atoms with Gasteiger partial charge < -0.3 is 0 Å². The Morgan fingerprint density at radius 1 is 0.750 bits per heavy atom. The van der Waals surface area contributed by atoms with Crippen molar-refractivity contribution in [2.45, 2.75) is 18.3 Å². The van der Waals surface area contributed by atoms with Gasteiger partial charge in [0.25, 0.3) is 0 Å². The van der Waals surface area contributed by atoms with Gasteiger partial charge in [0.15, 0.2) is 0 Å². The van der Waals surface area contributed by atoms with Crippen molar-refractivity contribution in [3.05, 3.63) is 107 Å². The van der Waals surface area contributed by atoms with Crippen LogP contribution in [0.4, 0.5) is 0 Å². The molecule has 0 spiro atoms. The van der Waals surface area contributed by atoms with Crippen molar-refractivity contribution in [2.24, 2.45) is 0 Å². The lowest BCUT2D eigenvalue weighted by molar-refractivity contribution is 0.623. The molecule has 2 heteroatoms. The van der Waals surface area contributed by atoms with Crippen molar-refractivity contribution < 1.29 is 0 Å². The topological polar surface area (TPSA) is 23.8 Å². The van der Waals surface area contributed by atoms with Gasteiger partial charge >= 0.3 is 0 Å². The molecule has 0 aliphatic rings. The number of halogens is 1. The van der Waals surface area contributed by atoms with Crippen LogP contribution >= 0.6 is 11.6 Å². The van der Waals surface area contributed by atoms with E-state index in [1.54, 1.807) is 0 Å². The molecule has 0 aromatic heterocycles. The van der Waals surface area contributed by atoms with Crippen LogP contribution in [0, 0.1) is 11.3 Å². The molecule has 0 N–H and O–H groups in total. The summed E-state index contributed by atoms with van der Waals surface area (Å²) >= 11 is 6.04. The minimum Gasteiger partial charge on any atom is -0.198 e. The lowest BCUT2D eigenvalue weighted by Crippen LogP contribution is -2.13. The summed E-state index contributed by atoms with van der Waals surface area (Å²) in [6.45, 7) is 0. The van der Waals surface area contributed by atoms with Gasteiger partial charge in [0.05, 0.1) is 12.0 Å². The molecule has 0 fully saturated rings. The predicted octanol–water partition coefficient (Wildman–Crippen LogP) is 5.97. The molecule has 118 valence electrons. The van der Waals surface area contributed by atoms with Crippen molar-refractivity contribution in [1.29, 1.82) is 5.26 Å². The molecule has 0 aliphatic carbocycles. The summed E-state index contributed by atoms with van der Waals surface area (Å²) in [5.41, 5.74) is 3.42. The molecule has 0 saturated carbocycles. The van der Waals surface area contributed by atoms with E-state index in [0.29, 0.717) is 5.02 Å². The molecule has 2 unspecified atom stereocenters. The Hall–Kier alpha value is -2.56. The second-order valence-electron chi connectivity index (χ2n) is 5.87. The smallest absolute Gasteiger partial charge is 0.0784 e. The molecule has 0 amide bonds. The van der Waals surface area contributed by atoms with Crippen molar-refractivity contribution >= 4 is 11.6 Å². The van der Waals surface area contributed by atoms with Crippen molar-refractivity contribution in [3.8, 4) is 6.07 Å². The van der Waals surface area contributed by atoms with Gasteiger partial charge in [-0.2, -0.15) is 5.26 Å². The molecule has 2 atom stereocenters. The highest BCUT2D eigenvalue weighted by Crippen LogP contribution is 2.35. The molecule has 0 bridgehead atoms. The van der Waals surface area contributed by atoms with E-state index in [2.05, 4.69) is 18.2 Å². The first kappa shape index (κ1) is 16.3. The first-order chi connectivity index (χ1) is 11.8.